The Labute approximate surface area is 162 Å². The van der Waals surface area contributed by atoms with Crippen LogP contribution in [0.15, 0.2) is 35.7 Å². The Morgan fingerprint density at radius 2 is 2.11 bits per heavy atom. The lowest BCUT2D eigenvalue weighted by Crippen LogP contribution is -2.22. The highest BCUT2D eigenvalue weighted by Crippen LogP contribution is 2.30. The van der Waals surface area contributed by atoms with Crippen molar-refractivity contribution in [3.63, 3.8) is 0 Å². The molecule has 2 aromatic heterocycles. The lowest BCUT2D eigenvalue weighted by atomic mass is 10.1. The number of carbonyl (C=O) groups excluding carboxylic acids is 1. The standard InChI is InChI=1S/C20H22N4O2S/c1-13-10-18(22-19(25)14-6-3-4-7-14)24(23-13)20-21-17(12-27-20)15-8-5-9-16(11-15)26-2/h5,8-12,14H,3-4,6-7H2,1-2H3,(H,22,25). The number of hydrogen-bond donors (Lipinski definition) is 1. The highest BCUT2D eigenvalue weighted by Gasteiger charge is 2.24. The predicted octanol–water partition coefficient (Wildman–Crippen LogP) is 4.44. The maximum absolute atomic E-state index is 12.5. The summed E-state index contributed by atoms with van der Waals surface area (Å²) in [5.74, 6) is 1.66. The zero-order chi connectivity index (χ0) is 18.8. The Balaban J connectivity index is 1.60. The van der Waals surface area contributed by atoms with E-state index < -0.39 is 0 Å². The van der Waals surface area contributed by atoms with E-state index in [4.69, 9.17) is 9.72 Å². The van der Waals surface area contributed by atoms with Crippen molar-refractivity contribution < 1.29 is 9.53 Å². The van der Waals surface area contributed by atoms with E-state index in [0.29, 0.717) is 5.82 Å². The first-order chi connectivity index (χ1) is 13.1. The number of ether oxygens (including phenoxy) is 1. The molecule has 1 aromatic carbocycles. The minimum atomic E-state index is 0.0817. The molecule has 0 bridgehead atoms. The number of aryl methyl sites for hydroxylation is 1. The smallest absolute Gasteiger partial charge is 0.228 e. The predicted molar refractivity (Wildman–Crippen MR) is 107 cm³/mol. The topological polar surface area (TPSA) is 69.0 Å². The summed E-state index contributed by atoms with van der Waals surface area (Å²) in [6.45, 7) is 1.91. The Morgan fingerprint density at radius 3 is 2.89 bits per heavy atom. The van der Waals surface area contributed by atoms with Crippen LogP contribution >= 0.6 is 11.3 Å². The van der Waals surface area contributed by atoms with Gasteiger partial charge in [-0.1, -0.05) is 25.0 Å². The van der Waals surface area contributed by atoms with E-state index >= 15 is 0 Å². The summed E-state index contributed by atoms with van der Waals surface area (Å²) in [4.78, 5) is 17.2. The number of rotatable bonds is 5. The third kappa shape index (κ3) is 3.73. The molecule has 2 heterocycles. The second kappa shape index (κ2) is 7.52. The maximum atomic E-state index is 12.5. The SMILES string of the molecule is COc1cccc(-c2csc(-n3nc(C)cc3NC(=O)C3CCCC3)n2)c1. The number of nitrogens with zero attached hydrogens (tertiary/aromatic N) is 3. The van der Waals surface area contributed by atoms with E-state index in [1.807, 2.05) is 42.6 Å². The van der Waals surface area contributed by atoms with Gasteiger partial charge in [0.25, 0.3) is 0 Å². The minimum absolute atomic E-state index is 0.0817. The summed E-state index contributed by atoms with van der Waals surface area (Å²) in [7, 11) is 1.65. The fraction of sp³-hybridized carbons (Fsp3) is 0.350. The molecule has 1 aliphatic rings. The molecule has 0 unspecified atom stereocenters. The average Bonchev–Trinajstić information content (AvgIpc) is 3.42. The fourth-order valence-corrected chi connectivity index (χ4v) is 4.22. The first-order valence-corrected chi connectivity index (χ1v) is 10.00. The molecule has 0 radical (unpaired) electrons. The van der Waals surface area contributed by atoms with Crippen LogP contribution in [0.5, 0.6) is 5.75 Å². The third-order valence-electron chi connectivity index (χ3n) is 4.85. The number of carbonyl (C=O) groups is 1. The molecule has 4 rings (SSSR count). The Kier molecular flexibility index (Phi) is 4.94. The van der Waals surface area contributed by atoms with E-state index in [1.54, 1.807) is 11.8 Å². The van der Waals surface area contributed by atoms with Gasteiger partial charge < -0.3 is 10.1 Å². The molecule has 1 fully saturated rings. The van der Waals surface area contributed by atoms with Gasteiger partial charge in [-0.25, -0.2) is 4.98 Å². The maximum Gasteiger partial charge on any atom is 0.228 e. The largest absolute Gasteiger partial charge is 0.497 e. The van der Waals surface area contributed by atoms with Gasteiger partial charge in [-0.2, -0.15) is 9.78 Å². The molecular formula is C20H22N4O2S. The molecule has 140 valence electrons. The van der Waals surface area contributed by atoms with E-state index in [2.05, 4.69) is 10.4 Å². The zero-order valence-electron chi connectivity index (χ0n) is 15.4. The van der Waals surface area contributed by atoms with E-state index in [9.17, 15) is 4.79 Å². The summed E-state index contributed by atoms with van der Waals surface area (Å²) in [6.07, 6.45) is 4.20. The van der Waals surface area contributed by atoms with Crippen LogP contribution in [0.4, 0.5) is 5.82 Å². The second-order valence-electron chi connectivity index (χ2n) is 6.80. The molecule has 0 saturated heterocycles. The summed E-state index contributed by atoms with van der Waals surface area (Å²) in [5, 5.41) is 10.3. The molecule has 1 N–H and O–H groups in total. The van der Waals surface area contributed by atoms with Gasteiger partial charge in [-0.15, -0.1) is 11.3 Å². The van der Waals surface area contributed by atoms with Crippen LogP contribution in [0.25, 0.3) is 16.4 Å². The van der Waals surface area contributed by atoms with Crippen molar-refractivity contribution in [2.24, 2.45) is 5.92 Å². The normalized spacial score (nSPS) is 14.4. The van der Waals surface area contributed by atoms with Crippen LogP contribution < -0.4 is 10.1 Å². The van der Waals surface area contributed by atoms with Gasteiger partial charge in [-0.3, -0.25) is 4.79 Å². The molecule has 6 nitrogen and oxygen atoms in total. The van der Waals surface area contributed by atoms with Crippen LogP contribution in [-0.4, -0.2) is 27.8 Å². The van der Waals surface area contributed by atoms with Crippen LogP contribution in [0.2, 0.25) is 0 Å². The van der Waals surface area contributed by atoms with Gasteiger partial charge in [0.1, 0.15) is 11.6 Å². The fourth-order valence-electron chi connectivity index (χ4n) is 3.43. The average molecular weight is 382 g/mol. The van der Waals surface area contributed by atoms with Gasteiger partial charge in [0.15, 0.2) is 0 Å². The monoisotopic (exact) mass is 382 g/mol. The van der Waals surface area contributed by atoms with Gasteiger partial charge in [0.2, 0.25) is 11.0 Å². The summed E-state index contributed by atoms with van der Waals surface area (Å²) >= 11 is 1.50. The number of amides is 1. The number of benzene rings is 1. The van der Waals surface area contributed by atoms with Crippen molar-refractivity contribution in [3.05, 3.63) is 41.4 Å². The molecule has 3 aromatic rings. The Hall–Kier alpha value is -2.67. The molecule has 1 aliphatic carbocycles. The summed E-state index contributed by atoms with van der Waals surface area (Å²) < 4.78 is 7.01. The number of aromatic nitrogens is 3. The highest BCUT2D eigenvalue weighted by atomic mass is 32.1. The van der Waals surface area contributed by atoms with E-state index in [0.717, 1.165) is 53.5 Å². The molecular weight excluding hydrogens is 360 g/mol. The molecule has 7 heteroatoms. The number of hydrogen-bond acceptors (Lipinski definition) is 5. The first kappa shape index (κ1) is 17.7. The first-order valence-electron chi connectivity index (χ1n) is 9.12. The van der Waals surface area contributed by atoms with Crippen LogP contribution in [0.3, 0.4) is 0 Å². The minimum Gasteiger partial charge on any atom is -0.497 e. The molecule has 1 saturated carbocycles. The summed E-state index contributed by atoms with van der Waals surface area (Å²) in [6, 6.07) is 9.69. The van der Waals surface area contributed by atoms with Crippen molar-refractivity contribution in [1.29, 1.82) is 0 Å². The van der Waals surface area contributed by atoms with Crippen LogP contribution in [0.1, 0.15) is 31.4 Å². The number of thiazole rings is 1. The van der Waals surface area contributed by atoms with Crippen LogP contribution in [-0.2, 0) is 4.79 Å². The van der Waals surface area contributed by atoms with Gasteiger partial charge in [0, 0.05) is 22.9 Å². The van der Waals surface area contributed by atoms with Crippen molar-refractivity contribution >= 4 is 23.1 Å². The van der Waals surface area contributed by atoms with Crippen LogP contribution in [0, 0.1) is 12.8 Å². The lowest BCUT2D eigenvalue weighted by molar-refractivity contribution is -0.119. The van der Waals surface area contributed by atoms with Gasteiger partial charge in [-0.05, 0) is 31.9 Å². The number of methoxy groups -OCH3 is 1. The molecule has 1 amide bonds. The number of nitrogens with one attached hydrogen (secondary N) is 1. The van der Waals surface area contributed by atoms with Gasteiger partial charge >= 0.3 is 0 Å². The molecule has 27 heavy (non-hydrogen) atoms. The van der Waals surface area contributed by atoms with Gasteiger partial charge in [0.05, 0.1) is 18.5 Å². The zero-order valence-corrected chi connectivity index (χ0v) is 16.3. The third-order valence-corrected chi connectivity index (χ3v) is 5.66. The van der Waals surface area contributed by atoms with Crippen molar-refractivity contribution in [2.45, 2.75) is 32.6 Å². The lowest BCUT2D eigenvalue weighted by Gasteiger charge is -2.10. The molecule has 0 atom stereocenters. The van der Waals surface area contributed by atoms with E-state index in [1.165, 1.54) is 11.3 Å². The summed E-state index contributed by atoms with van der Waals surface area (Å²) in [5.41, 5.74) is 2.68. The Bertz CT molecular complexity index is 957. The Morgan fingerprint density at radius 1 is 1.30 bits per heavy atom. The quantitative estimate of drug-likeness (QED) is 0.708. The number of anilines is 1. The van der Waals surface area contributed by atoms with E-state index in [-0.39, 0.29) is 11.8 Å². The van der Waals surface area contributed by atoms with Crippen molar-refractivity contribution in [1.82, 2.24) is 14.8 Å². The molecule has 0 aliphatic heterocycles. The van der Waals surface area contributed by atoms with Crippen molar-refractivity contribution in [2.75, 3.05) is 12.4 Å². The van der Waals surface area contributed by atoms with Crippen molar-refractivity contribution in [3.8, 4) is 22.1 Å². The second-order valence-corrected chi connectivity index (χ2v) is 7.64. The highest BCUT2D eigenvalue weighted by molar-refractivity contribution is 7.12. The molecule has 0 spiro atoms.